The Kier molecular flexibility index (Phi) is 5.16. The van der Waals surface area contributed by atoms with E-state index in [1.165, 1.54) is 6.42 Å². The maximum absolute atomic E-state index is 11.5. The highest BCUT2D eigenvalue weighted by Crippen LogP contribution is 2.18. The highest BCUT2D eigenvalue weighted by Gasteiger charge is 2.18. The minimum absolute atomic E-state index is 0.432. The van der Waals surface area contributed by atoms with E-state index in [0.29, 0.717) is 11.7 Å². The van der Waals surface area contributed by atoms with Gasteiger partial charge in [0.1, 0.15) is 5.78 Å². The second-order valence-electron chi connectivity index (χ2n) is 4.76. The van der Waals surface area contributed by atoms with Gasteiger partial charge >= 0.3 is 0 Å². The van der Waals surface area contributed by atoms with Crippen LogP contribution in [0.1, 0.15) is 46.0 Å². The van der Waals surface area contributed by atoms with Crippen molar-refractivity contribution in [2.45, 2.75) is 46.0 Å². The third kappa shape index (κ3) is 4.75. The van der Waals surface area contributed by atoms with Gasteiger partial charge in [-0.1, -0.05) is 20.3 Å². The highest BCUT2D eigenvalue weighted by molar-refractivity contribution is 5.78. The number of ketones is 1. The Labute approximate surface area is 87.0 Å². The molecule has 0 N–H and O–H groups in total. The fraction of sp³-hybridized carbons (Fsp3) is 0.917. The Bertz CT molecular complexity index is 169. The number of ether oxygens (including phenoxy) is 1. The molecule has 0 aromatic rings. The fourth-order valence-corrected chi connectivity index (χ4v) is 1.88. The van der Waals surface area contributed by atoms with Crippen molar-refractivity contribution < 1.29 is 9.53 Å². The number of carbonyl (C=O) groups is 1. The first kappa shape index (κ1) is 11.7. The molecule has 0 bridgehead atoms. The molecule has 0 aromatic heterocycles. The first-order valence-corrected chi connectivity index (χ1v) is 5.78. The fourth-order valence-electron chi connectivity index (χ4n) is 1.88. The first-order chi connectivity index (χ1) is 6.68. The average Bonchev–Trinajstić information content (AvgIpc) is 2.56. The van der Waals surface area contributed by atoms with Crippen LogP contribution in [0.5, 0.6) is 0 Å². The molecule has 0 aromatic carbocycles. The molecule has 82 valence electrons. The zero-order valence-electron chi connectivity index (χ0n) is 9.42. The molecule has 1 fully saturated rings. The van der Waals surface area contributed by atoms with Crippen molar-refractivity contribution in [3.8, 4) is 0 Å². The number of rotatable bonds is 6. The maximum atomic E-state index is 11.5. The summed E-state index contributed by atoms with van der Waals surface area (Å²) in [4.78, 5) is 11.5. The van der Waals surface area contributed by atoms with Crippen LogP contribution in [-0.2, 0) is 9.53 Å². The number of Topliss-reactive ketones (excluding diaryl/α,β-unsaturated/α-hetero) is 1. The van der Waals surface area contributed by atoms with Crippen molar-refractivity contribution in [2.24, 2.45) is 11.8 Å². The molecule has 1 heterocycles. The van der Waals surface area contributed by atoms with E-state index >= 15 is 0 Å². The summed E-state index contributed by atoms with van der Waals surface area (Å²) < 4.78 is 5.25. The van der Waals surface area contributed by atoms with E-state index in [1.807, 2.05) is 0 Å². The summed E-state index contributed by atoms with van der Waals surface area (Å²) in [6.45, 7) is 6.06. The maximum Gasteiger partial charge on any atom is 0.133 e. The lowest BCUT2D eigenvalue weighted by Gasteiger charge is -2.07. The summed E-state index contributed by atoms with van der Waals surface area (Å²) >= 11 is 0. The minimum Gasteiger partial charge on any atom is -0.381 e. The van der Waals surface area contributed by atoms with Crippen molar-refractivity contribution in [3.63, 3.8) is 0 Å². The second-order valence-corrected chi connectivity index (χ2v) is 4.76. The van der Waals surface area contributed by atoms with E-state index in [2.05, 4.69) is 13.8 Å². The number of carbonyl (C=O) groups excluding carboxylic acids is 1. The molecule has 0 spiro atoms. The van der Waals surface area contributed by atoms with Gasteiger partial charge in [-0.3, -0.25) is 4.79 Å². The van der Waals surface area contributed by atoms with Gasteiger partial charge < -0.3 is 4.74 Å². The Morgan fingerprint density at radius 2 is 2.29 bits per heavy atom. The van der Waals surface area contributed by atoms with Crippen LogP contribution in [0.3, 0.4) is 0 Å². The van der Waals surface area contributed by atoms with Crippen molar-refractivity contribution in [3.05, 3.63) is 0 Å². The SMILES string of the molecule is CC(C)CCCC(=O)CC1CCOC1. The predicted molar refractivity (Wildman–Crippen MR) is 57.2 cm³/mol. The zero-order chi connectivity index (χ0) is 10.4. The molecule has 0 radical (unpaired) electrons. The molecule has 1 atom stereocenters. The van der Waals surface area contributed by atoms with E-state index in [9.17, 15) is 4.79 Å². The summed E-state index contributed by atoms with van der Waals surface area (Å²) in [5, 5.41) is 0. The second kappa shape index (κ2) is 6.18. The molecule has 2 heteroatoms. The van der Waals surface area contributed by atoms with Crippen LogP contribution in [0.15, 0.2) is 0 Å². The lowest BCUT2D eigenvalue weighted by molar-refractivity contribution is -0.120. The van der Waals surface area contributed by atoms with Gasteiger partial charge in [0.25, 0.3) is 0 Å². The van der Waals surface area contributed by atoms with Gasteiger partial charge in [0.15, 0.2) is 0 Å². The minimum atomic E-state index is 0.432. The lowest BCUT2D eigenvalue weighted by atomic mass is 9.97. The van der Waals surface area contributed by atoms with E-state index in [0.717, 1.165) is 44.8 Å². The Hall–Kier alpha value is -0.370. The van der Waals surface area contributed by atoms with Crippen LogP contribution in [0, 0.1) is 11.8 Å². The Morgan fingerprint density at radius 1 is 1.50 bits per heavy atom. The normalized spacial score (nSPS) is 21.8. The van der Waals surface area contributed by atoms with Crippen LogP contribution in [0.4, 0.5) is 0 Å². The first-order valence-electron chi connectivity index (χ1n) is 5.78. The molecule has 1 aliphatic rings. The highest BCUT2D eigenvalue weighted by atomic mass is 16.5. The van der Waals surface area contributed by atoms with Crippen LogP contribution < -0.4 is 0 Å². The summed E-state index contributed by atoms with van der Waals surface area (Å²) in [7, 11) is 0. The average molecular weight is 198 g/mol. The van der Waals surface area contributed by atoms with Gasteiger partial charge in [0, 0.05) is 26.1 Å². The molecule has 0 saturated carbocycles. The van der Waals surface area contributed by atoms with Crippen molar-refractivity contribution in [1.82, 2.24) is 0 Å². The van der Waals surface area contributed by atoms with Gasteiger partial charge in [-0.2, -0.15) is 0 Å². The summed E-state index contributed by atoms with van der Waals surface area (Å²) in [6.07, 6.45) is 4.83. The molecule has 2 nitrogen and oxygen atoms in total. The van der Waals surface area contributed by atoms with Gasteiger partial charge in [-0.15, -0.1) is 0 Å². The quantitative estimate of drug-likeness (QED) is 0.656. The smallest absolute Gasteiger partial charge is 0.133 e. The molecule has 0 aliphatic carbocycles. The van der Waals surface area contributed by atoms with Crippen LogP contribution >= 0.6 is 0 Å². The summed E-state index contributed by atoms with van der Waals surface area (Å²) in [6, 6.07) is 0. The molecule has 1 rings (SSSR count). The van der Waals surface area contributed by atoms with Crippen LogP contribution in [-0.4, -0.2) is 19.0 Å². The van der Waals surface area contributed by atoms with E-state index < -0.39 is 0 Å². The standard InChI is InChI=1S/C12H22O2/c1-10(2)4-3-5-12(13)8-11-6-7-14-9-11/h10-11H,3-9H2,1-2H3. The van der Waals surface area contributed by atoms with Gasteiger partial charge in [-0.05, 0) is 24.7 Å². The van der Waals surface area contributed by atoms with Gasteiger partial charge in [-0.25, -0.2) is 0 Å². The molecular weight excluding hydrogens is 176 g/mol. The number of hydrogen-bond donors (Lipinski definition) is 0. The molecule has 14 heavy (non-hydrogen) atoms. The molecular formula is C12H22O2. The summed E-state index contributed by atoms with van der Waals surface area (Å²) in [5.74, 6) is 1.67. The van der Waals surface area contributed by atoms with E-state index in [1.54, 1.807) is 0 Å². The molecule has 1 unspecified atom stereocenters. The molecule has 1 aliphatic heterocycles. The zero-order valence-corrected chi connectivity index (χ0v) is 9.42. The van der Waals surface area contributed by atoms with Gasteiger partial charge in [0.2, 0.25) is 0 Å². The predicted octanol–water partition coefficient (Wildman–Crippen LogP) is 2.81. The molecule has 0 amide bonds. The topological polar surface area (TPSA) is 26.3 Å². The summed E-state index contributed by atoms with van der Waals surface area (Å²) in [5.41, 5.74) is 0. The third-order valence-electron chi connectivity index (χ3n) is 2.78. The van der Waals surface area contributed by atoms with Crippen LogP contribution in [0.25, 0.3) is 0 Å². The monoisotopic (exact) mass is 198 g/mol. The van der Waals surface area contributed by atoms with Crippen molar-refractivity contribution in [2.75, 3.05) is 13.2 Å². The van der Waals surface area contributed by atoms with E-state index in [4.69, 9.17) is 4.74 Å². The largest absolute Gasteiger partial charge is 0.381 e. The Morgan fingerprint density at radius 3 is 2.86 bits per heavy atom. The van der Waals surface area contributed by atoms with Crippen molar-refractivity contribution >= 4 is 5.78 Å². The molecule has 1 saturated heterocycles. The number of hydrogen-bond acceptors (Lipinski definition) is 2. The Balaban J connectivity index is 2.03. The van der Waals surface area contributed by atoms with Crippen LogP contribution in [0.2, 0.25) is 0 Å². The third-order valence-corrected chi connectivity index (χ3v) is 2.78. The van der Waals surface area contributed by atoms with Crippen molar-refractivity contribution in [1.29, 1.82) is 0 Å². The lowest BCUT2D eigenvalue weighted by Crippen LogP contribution is -2.08. The van der Waals surface area contributed by atoms with E-state index in [-0.39, 0.29) is 0 Å². The van der Waals surface area contributed by atoms with Gasteiger partial charge in [0.05, 0.1) is 0 Å².